The number of rotatable bonds is 4. The van der Waals surface area contributed by atoms with Crippen LogP contribution in [-0.2, 0) is 0 Å². The van der Waals surface area contributed by atoms with Gasteiger partial charge in [0.25, 0.3) is 0 Å². The Bertz CT molecular complexity index is 507. The number of hydrogen-bond acceptors (Lipinski definition) is 3. The molecule has 3 heteroatoms. The molecule has 1 N–H and O–H groups in total. The number of hydrogen-bond donors (Lipinski definition) is 1. The van der Waals surface area contributed by atoms with Crippen molar-refractivity contribution in [3.05, 3.63) is 29.3 Å². The highest BCUT2D eigenvalue weighted by Gasteiger charge is 2.33. The lowest BCUT2D eigenvalue weighted by atomic mass is 10.0. The lowest BCUT2D eigenvalue weighted by molar-refractivity contribution is 0.398. The fourth-order valence-corrected chi connectivity index (χ4v) is 3.26. The first-order chi connectivity index (χ1) is 9.79. The zero-order valence-corrected chi connectivity index (χ0v) is 12.2. The molecule has 0 amide bonds. The molecule has 2 aliphatic rings. The summed E-state index contributed by atoms with van der Waals surface area (Å²) in [5.41, 5.74) is 3.23. The summed E-state index contributed by atoms with van der Waals surface area (Å²) in [7, 11) is 0. The van der Waals surface area contributed by atoms with Gasteiger partial charge in [0, 0.05) is 18.6 Å². The van der Waals surface area contributed by atoms with Crippen molar-refractivity contribution in [2.45, 2.75) is 51.1 Å². The van der Waals surface area contributed by atoms with Gasteiger partial charge in [-0.2, -0.15) is 5.26 Å². The normalized spacial score (nSPS) is 22.3. The lowest BCUT2D eigenvalue weighted by Crippen LogP contribution is -2.45. The van der Waals surface area contributed by atoms with Crippen LogP contribution < -0.4 is 10.2 Å². The van der Waals surface area contributed by atoms with E-state index in [1.54, 1.807) is 0 Å². The molecule has 0 spiro atoms. The number of aryl methyl sites for hydroxylation is 1. The van der Waals surface area contributed by atoms with Crippen molar-refractivity contribution in [1.29, 1.82) is 5.26 Å². The van der Waals surface area contributed by atoms with Gasteiger partial charge in [0.05, 0.1) is 11.3 Å². The van der Waals surface area contributed by atoms with Gasteiger partial charge in [-0.15, -0.1) is 0 Å². The fraction of sp³-hybridized carbons (Fsp3) is 0.588. The van der Waals surface area contributed by atoms with Crippen molar-refractivity contribution in [2.75, 3.05) is 18.0 Å². The van der Waals surface area contributed by atoms with E-state index in [-0.39, 0.29) is 0 Å². The van der Waals surface area contributed by atoms with Crippen LogP contribution in [-0.4, -0.2) is 25.2 Å². The Morgan fingerprint density at radius 1 is 1.30 bits per heavy atom. The van der Waals surface area contributed by atoms with E-state index in [9.17, 15) is 5.26 Å². The first kappa shape index (κ1) is 13.5. The maximum atomic E-state index is 9.41. The predicted octanol–water partition coefficient (Wildman–Crippen LogP) is 2.98. The molecule has 1 aromatic rings. The highest BCUT2D eigenvalue weighted by atomic mass is 15.2. The summed E-state index contributed by atoms with van der Waals surface area (Å²) in [6.45, 7) is 4.31. The third kappa shape index (κ3) is 2.81. The van der Waals surface area contributed by atoms with E-state index in [1.165, 1.54) is 43.4 Å². The Balaban J connectivity index is 1.85. The van der Waals surface area contributed by atoms with Gasteiger partial charge in [0.2, 0.25) is 0 Å². The highest BCUT2D eigenvalue weighted by Crippen LogP contribution is 2.36. The van der Waals surface area contributed by atoms with Crippen LogP contribution in [0.5, 0.6) is 0 Å². The van der Waals surface area contributed by atoms with E-state index in [2.05, 4.69) is 29.3 Å². The van der Waals surface area contributed by atoms with Crippen molar-refractivity contribution in [2.24, 2.45) is 0 Å². The van der Waals surface area contributed by atoms with Crippen LogP contribution in [0.15, 0.2) is 18.2 Å². The third-order valence-electron chi connectivity index (χ3n) is 4.46. The van der Waals surface area contributed by atoms with Crippen molar-refractivity contribution < 1.29 is 0 Å². The minimum atomic E-state index is 0.579. The first-order valence-corrected chi connectivity index (χ1v) is 7.79. The maximum Gasteiger partial charge on any atom is 0.101 e. The van der Waals surface area contributed by atoms with Crippen LogP contribution in [0, 0.1) is 18.3 Å². The van der Waals surface area contributed by atoms with Gasteiger partial charge in [0.1, 0.15) is 6.07 Å². The van der Waals surface area contributed by atoms with Crippen LogP contribution in [0.4, 0.5) is 5.69 Å². The van der Waals surface area contributed by atoms with Crippen molar-refractivity contribution in [1.82, 2.24) is 5.32 Å². The van der Waals surface area contributed by atoms with Crippen LogP contribution in [0.1, 0.15) is 43.2 Å². The average molecular weight is 269 g/mol. The van der Waals surface area contributed by atoms with Gasteiger partial charge in [-0.25, -0.2) is 0 Å². The van der Waals surface area contributed by atoms with E-state index < -0.39 is 0 Å². The van der Waals surface area contributed by atoms with Gasteiger partial charge < -0.3 is 10.2 Å². The summed E-state index contributed by atoms with van der Waals surface area (Å²) < 4.78 is 0. The topological polar surface area (TPSA) is 39.1 Å². The number of anilines is 1. The van der Waals surface area contributed by atoms with E-state index >= 15 is 0 Å². The van der Waals surface area contributed by atoms with Gasteiger partial charge in [-0.3, -0.25) is 0 Å². The molecule has 20 heavy (non-hydrogen) atoms. The minimum absolute atomic E-state index is 0.579. The van der Waals surface area contributed by atoms with Crippen LogP contribution >= 0.6 is 0 Å². The minimum Gasteiger partial charge on any atom is -0.366 e. The number of piperidine rings is 1. The Morgan fingerprint density at radius 3 is 2.80 bits per heavy atom. The molecule has 1 saturated heterocycles. The second-order valence-corrected chi connectivity index (χ2v) is 6.11. The smallest absolute Gasteiger partial charge is 0.101 e. The monoisotopic (exact) mass is 269 g/mol. The average Bonchev–Trinajstić information content (AvgIpc) is 3.30. The second kappa shape index (κ2) is 5.85. The summed E-state index contributed by atoms with van der Waals surface area (Å²) >= 11 is 0. The van der Waals surface area contributed by atoms with Crippen LogP contribution in [0.25, 0.3) is 0 Å². The highest BCUT2D eigenvalue weighted by molar-refractivity contribution is 5.65. The molecule has 0 radical (unpaired) electrons. The molecule has 1 aliphatic carbocycles. The second-order valence-electron chi connectivity index (χ2n) is 6.11. The molecule has 1 heterocycles. The van der Waals surface area contributed by atoms with Gasteiger partial charge in [0.15, 0.2) is 0 Å². The molecular weight excluding hydrogens is 246 g/mol. The fourth-order valence-electron chi connectivity index (χ4n) is 3.26. The van der Waals surface area contributed by atoms with Gasteiger partial charge >= 0.3 is 0 Å². The largest absolute Gasteiger partial charge is 0.366 e. The number of benzene rings is 1. The zero-order valence-electron chi connectivity index (χ0n) is 12.2. The lowest BCUT2D eigenvalue weighted by Gasteiger charge is -2.33. The molecule has 1 saturated carbocycles. The molecule has 3 nitrogen and oxygen atoms in total. The van der Waals surface area contributed by atoms with Gasteiger partial charge in [-0.1, -0.05) is 18.6 Å². The summed E-state index contributed by atoms with van der Waals surface area (Å²) in [5, 5.41) is 13.0. The van der Waals surface area contributed by atoms with E-state index in [0.29, 0.717) is 12.1 Å². The summed E-state index contributed by atoms with van der Waals surface area (Å²) in [6.07, 6.45) is 6.43. The third-order valence-corrected chi connectivity index (χ3v) is 4.46. The summed E-state index contributed by atoms with van der Waals surface area (Å²) in [5.74, 6) is 0. The summed E-state index contributed by atoms with van der Waals surface area (Å²) in [6, 6.07) is 9.66. The SMILES string of the molecule is Cc1cccc(C#N)c1N(CC1CCCCN1)C1CC1. The predicted molar refractivity (Wildman–Crippen MR) is 81.9 cm³/mol. The molecule has 1 unspecified atom stereocenters. The number of para-hydroxylation sites is 1. The number of nitrogens with zero attached hydrogens (tertiary/aromatic N) is 2. The molecule has 3 rings (SSSR count). The molecule has 1 atom stereocenters. The molecule has 0 aromatic heterocycles. The Morgan fingerprint density at radius 2 is 2.15 bits per heavy atom. The van der Waals surface area contributed by atoms with E-state index in [1.807, 2.05) is 12.1 Å². The molecule has 0 bridgehead atoms. The van der Waals surface area contributed by atoms with Crippen molar-refractivity contribution >= 4 is 5.69 Å². The molecule has 1 aliphatic heterocycles. The zero-order chi connectivity index (χ0) is 13.9. The van der Waals surface area contributed by atoms with E-state index in [0.717, 1.165) is 18.7 Å². The van der Waals surface area contributed by atoms with Crippen molar-refractivity contribution in [3.8, 4) is 6.07 Å². The number of nitriles is 1. The van der Waals surface area contributed by atoms with Crippen molar-refractivity contribution in [3.63, 3.8) is 0 Å². The molecule has 2 fully saturated rings. The number of nitrogens with one attached hydrogen (secondary N) is 1. The Labute approximate surface area is 121 Å². The first-order valence-electron chi connectivity index (χ1n) is 7.79. The Kier molecular flexibility index (Phi) is 3.93. The van der Waals surface area contributed by atoms with E-state index in [4.69, 9.17) is 0 Å². The maximum absolute atomic E-state index is 9.41. The molecule has 106 valence electrons. The summed E-state index contributed by atoms with van der Waals surface area (Å²) in [4.78, 5) is 2.50. The van der Waals surface area contributed by atoms with Gasteiger partial charge in [-0.05, 0) is 50.8 Å². The molecular formula is C17H23N3. The standard InChI is InChI=1S/C17H23N3/c1-13-5-4-6-14(11-18)17(13)20(16-8-9-16)12-15-7-2-3-10-19-15/h4-6,15-16,19H,2-3,7-10,12H2,1H3. The van der Waals surface area contributed by atoms with Crippen LogP contribution in [0.2, 0.25) is 0 Å². The van der Waals surface area contributed by atoms with Crippen LogP contribution in [0.3, 0.4) is 0 Å². The Hall–Kier alpha value is -1.53. The molecule has 1 aromatic carbocycles. The quantitative estimate of drug-likeness (QED) is 0.913.